The highest BCUT2D eigenvalue weighted by molar-refractivity contribution is 5.77. The normalized spacial score (nSPS) is 24.7. The Bertz CT molecular complexity index is 323. The summed E-state index contributed by atoms with van der Waals surface area (Å²) in [6.07, 6.45) is 7.11. The minimum absolute atomic E-state index is 0.00511. The molecule has 0 aromatic rings. The van der Waals surface area contributed by atoms with Crippen LogP contribution in [0, 0.1) is 5.92 Å². The van der Waals surface area contributed by atoms with E-state index in [0.29, 0.717) is 18.4 Å². The number of carbonyl (C=O) groups excluding carboxylic acids is 1. The summed E-state index contributed by atoms with van der Waals surface area (Å²) in [4.78, 5) is 22.6. The van der Waals surface area contributed by atoms with Gasteiger partial charge in [-0.05, 0) is 44.6 Å². The Labute approximate surface area is 114 Å². The maximum Gasteiger partial charge on any atom is 0.305 e. The van der Waals surface area contributed by atoms with Crippen molar-refractivity contribution in [1.29, 1.82) is 0 Å². The van der Waals surface area contributed by atoms with E-state index in [1.165, 1.54) is 12.8 Å². The number of aliphatic carboxylic acids is 1. The van der Waals surface area contributed by atoms with E-state index in [1.807, 2.05) is 0 Å². The van der Waals surface area contributed by atoms with Crippen molar-refractivity contribution in [3.63, 3.8) is 0 Å². The lowest BCUT2D eigenvalue weighted by atomic mass is 10.00. The van der Waals surface area contributed by atoms with Crippen molar-refractivity contribution >= 4 is 11.9 Å². The molecule has 2 atom stereocenters. The van der Waals surface area contributed by atoms with Crippen LogP contribution in [0.2, 0.25) is 0 Å². The second kappa shape index (κ2) is 6.89. The van der Waals surface area contributed by atoms with Gasteiger partial charge in [-0.15, -0.1) is 0 Å². The highest BCUT2D eigenvalue weighted by atomic mass is 16.4. The third kappa shape index (κ3) is 5.19. The summed E-state index contributed by atoms with van der Waals surface area (Å²) in [5.41, 5.74) is 0. The molecule has 0 bridgehead atoms. The average molecular weight is 268 g/mol. The average Bonchev–Trinajstić information content (AvgIpc) is 3.20. The molecule has 108 valence electrons. The molecular formula is C14H24N2O3. The molecule has 0 aromatic carbocycles. The molecule has 2 rings (SSSR count). The third-order valence-electron chi connectivity index (χ3n) is 4.06. The van der Waals surface area contributed by atoms with Gasteiger partial charge in [0.2, 0.25) is 5.91 Å². The van der Waals surface area contributed by atoms with Gasteiger partial charge in [-0.1, -0.05) is 6.42 Å². The number of hydrogen-bond acceptors (Lipinski definition) is 3. The highest BCUT2D eigenvalue weighted by Crippen LogP contribution is 2.34. The second-order valence-corrected chi connectivity index (χ2v) is 5.79. The van der Waals surface area contributed by atoms with Gasteiger partial charge in [0.1, 0.15) is 0 Å². The van der Waals surface area contributed by atoms with Gasteiger partial charge in [-0.25, -0.2) is 0 Å². The van der Waals surface area contributed by atoms with E-state index in [2.05, 4.69) is 10.6 Å². The molecular weight excluding hydrogens is 244 g/mol. The Balaban J connectivity index is 1.68. The van der Waals surface area contributed by atoms with Crippen molar-refractivity contribution in [2.45, 2.75) is 63.5 Å². The van der Waals surface area contributed by atoms with Gasteiger partial charge in [0, 0.05) is 18.5 Å². The van der Waals surface area contributed by atoms with Crippen LogP contribution < -0.4 is 10.6 Å². The monoisotopic (exact) mass is 268 g/mol. The first-order valence-electron chi connectivity index (χ1n) is 7.39. The van der Waals surface area contributed by atoms with Crippen LogP contribution in [-0.4, -0.2) is 35.6 Å². The number of amides is 1. The summed E-state index contributed by atoms with van der Waals surface area (Å²) >= 11 is 0. The van der Waals surface area contributed by atoms with Crippen molar-refractivity contribution in [1.82, 2.24) is 10.6 Å². The van der Waals surface area contributed by atoms with E-state index < -0.39 is 5.97 Å². The highest BCUT2D eigenvalue weighted by Gasteiger charge is 2.33. The molecule has 1 saturated carbocycles. The van der Waals surface area contributed by atoms with Crippen LogP contribution in [0.15, 0.2) is 0 Å². The van der Waals surface area contributed by atoms with Crippen molar-refractivity contribution in [2.75, 3.05) is 6.54 Å². The predicted octanol–water partition coefficient (Wildman–Crippen LogP) is 1.28. The Morgan fingerprint density at radius 3 is 2.63 bits per heavy atom. The first-order valence-corrected chi connectivity index (χ1v) is 7.39. The number of nitrogens with one attached hydrogen (secondary N) is 2. The minimum Gasteiger partial charge on any atom is -0.481 e. The van der Waals surface area contributed by atoms with Crippen LogP contribution in [0.4, 0.5) is 0 Å². The summed E-state index contributed by atoms with van der Waals surface area (Å²) < 4.78 is 0. The van der Waals surface area contributed by atoms with Gasteiger partial charge >= 0.3 is 5.97 Å². The molecule has 3 N–H and O–H groups in total. The summed E-state index contributed by atoms with van der Waals surface area (Å²) in [6, 6.07) is 0.294. The van der Waals surface area contributed by atoms with E-state index in [0.717, 1.165) is 32.2 Å². The Morgan fingerprint density at radius 1 is 1.26 bits per heavy atom. The van der Waals surface area contributed by atoms with Gasteiger partial charge in [0.05, 0.1) is 6.42 Å². The van der Waals surface area contributed by atoms with E-state index in [9.17, 15) is 9.59 Å². The van der Waals surface area contributed by atoms with Gasteiger partial charge < -0.3 is 15.7 Å². The molecule has 0 spiro atoms. The lowest BCUT2D eigenvalue weighted by molar-refractivity contribution is -0.137. The van der Waals surface area contributed by atoms with Crippen LogP contribution in [-0.2, 0) is 9.59 Å². The molecule has 0 aromatic heterocycles. The Hall–Kier alpha value is -1.10. The van der Waals surface area contributed by atoms with Crippen molar-refractivity contribution in [2.24, 2.45) is 5.92 Å². The van der Waals surface area contributed by atoms with Crippen LogP contribution in [0.1, 0.15) is 51.4 Å². The fourth-order valence-electron chi connectivity index (χ4n) is 2.78. The molecule has 1 saturated heterocycles. The number of carboxylic acids is 1. The smallest absolute Gasteiger partial charge is 0.305 e. The maximum absolute atomic E-state index is 11.9. The van der Waals surface area contributed by atoms with E-state index >= 15 is 0 Å². The molecule has 5 nitrogen and oxygen atoms in total. The van der Waals surface area contributed by atoms with Crippen LogP contribution in [0.25, 0.3) is 0 Å². The van der Waals surface area contributed by atoms with Crippen LogP contribution in [0.3, 0.4) is 0 Å². The maximum atomic E-state index is 11.9. The first kappa shape index (κ1) is 14.3. The Morgan fingerprint density at radius 2 is 2.05 bits per heavy atom. The van der Waals surface area contributed by atoms with Crippen molar-refractivity contribution in [3.8, 4) is 0 Å². The van der Waals surface area contributed by atoms with E-state index in [-0.39, 0.29) is 18.4 Å². The SMILES string of the molecule is O=C(O)CC(NC(=O)CCC1CCCCN1)C1CC1. The summed E-state index contributed by atoms with van der Waals surface area (Å²) in [7, 11) is 0. The van der Waals surface area contributed by atoms with Gasteiger partial charge in [0.15, 0.2) is 0 Å². The lowest BCUT2D eigenvalue weighted by Gasteiger charge is -2.23. The lowest BCUT2D eigenvalue weighted by Crippen LogP contribution is -2.39. The van der Waals surface area contributed by atoms with Crippen molar-refractivity contribution in [3.05, 3.63) is 0 Å². The predicted molar refractivity (Wildman–Crippen MR) is 71.8 cm³/mol. The quantitative estimate of drug-likeness (QED) is 0.650. The summed E-state index contributed by atoms with van der Waals surface area (Å²) in [6.45, 7) is 1.05. The summed E-state index contributed by atoms with van der Waals surface area (Å²) in [5, 5.41) is 15.2. The molecule has 2 fully saturated rings. The molecule has 5 heteroatoms. The molecule has 2 aliphatic rings. The van der Waals surface area contributed by atoms with Crippen LogP contribution >= 0.6 is 0 Å². The van der Waals surface area contributed by atoms with E-state index in [1.54, 1.807) is 0 Å². The molecule has 1 aliphatic heterocycles. The zero-order chi connectivity index (χ0) is 13.7. The zero-order valence-corrected chi connectivity index (χ0v) is 11.4. The van der Waals surface area contributed by atoms with Gasteiger partial charge in [-0.3, -0.25) is 9.59 Å². The van der Waals surface area contributed by atoms with Crippen LogP contribution in [0.5, 0.6) is 0 Å². The minimum atomic E-state index is -0.828. The Kier molecular flexibility index (Phi) is 5.19. The molecule has 1 amide bonds. The molecule has 0 radical (unpaired) electrons. The number of rotatable bonds is 7. The number of carboxylic acid groups (broad SMARTS) is 1. The number of piperidine rings is 1. The molecule has 1 aliphatic carbocycles. The second-order valence-electron chi connectivity index (χ2n) is 5.79. The van der Waals surface area contributed by atoms with Crippen molar-refractivity contribution < 1.29 is 14.7 Å². The molecule has 1 heterocycles. The van der Waals surface area contributed by atoms with Gasteiger partial charge in [0.25, 0.3) is 0 Å². The van der Waals surface area contributed by atoms with E-state index in [4.69, 9.17) is 5.11 Å². The standard InChI is InChI=1S/C14H24N2O3/c17-13(7-6-11-3-1-2-8-15-11)16-12(9-14(18)19)10-4-5-10/h10-12,15H,1-9H2,(H,16,17)(H,18,19). The summed E-state index contributed by atoms with van der Waals surface area (Å²) in [5.74, 6) is -0.440. The largest absolute Gasteiger partial charge is 0.481 e. The first-order chi connectivity index (χ1) is 9.15. The fourth-order valence-corrected chi connectivity index (χ4v) is 2.78. The number of carbonyl (C=O) groups is 2. The fraction of sp³-hybridized carbons (Fsp3) is 0.857. The topological polar surface area (TPSA) is 78.4 Å². The van der Waals surface area contributed by atoms with Gasteiger partial charge in [-0.2, -0.15) is 0 Å². The number of hydrogen-bond donors (Lipinski definition) is 3. The third-order valence-corrected chi connectivity index (χ3v) is 4.06. The zero-order valence-electron chi connectivity index (χ0n) is 11.4. The molecule has 19 heavy (non-hydrogen) atoms. The molecule has 2 unspecified atom stereocenters.